The summed E-state index contributed by atoms with van der Waals surface area (Å²) in [6.45, 7) is 5.55. The topological polar surface area (TPSA) is 70.8 Å². The summed E-state index contributed by atoms with van der Waals surface area (Å²) in [7, 11) is 1.53. The van der Waals surface area contributed by atoms with Crippen LogP contribution in [0.25, 0.3) is 0 Å². The molecule has 0 amide bonds. The van der Waals surface area contributed by atoms with Crippen molar-refractivity contribution in [2.24, 2.45) is 5.92 Å². The third-order valence-electron chi connectivity index (χ3n) is 2.78. The third kappa shape index (κ3) is 5.48. The zero-order chi connectivity index (χ0) is 15.0. The lowest BCUT2D eigenvalue weighted by atomic mass is 10.1. The van der Waals surface area contributed by atoms with E-state index in [2.05, 4.69) is 13.8 Å². The van der Waals surface area contributed by atoms with Gasteiger partial charge in [0.15, 0.2) is 0 Å². The van der Waals surface area contributed by atoms with Gasteiger partial charge in [0.25, 0.3) is 0 Å². The summed E-state index contributed by atoms with van der Waals surface area (Å²) in [6.07, 6.45) is 0.997. The molecule has 0 saturated carbocycles. The maximum atomic E-state index is 11.9. The van der Waals surface area contributed by atoms with E-state index in [9.17, 15) is 4.79 Å². The number of benzene rings is 1. The van der Waals surface area contributed by atoms with Gasteiger partial charge in [-0.2, -0.15) is 0 Å². The molecule has 0 radical (unpaired) electrons. The lowest BCUT2D eigenvalue weighted by Crippen LogP contribution is -2.13. The third-order valence-corrected chi connectivity index (χ3v) is 2.78. The first-order valence-corrected chi connectivity index (χ1v) is 6.73. The molecule has 0 aromatic heterocycles. The standard InChI is InChI=1S/C15H23NO4/c1-11(2)6-7-19-8-9-20-15(17)13-10-12(18-3)4-5-14(13)16/h4-5,10-11H,6-9,16H2,1-3H3. The Hall–Kier alpha value is -1.75. The highest BCUT2D eigenvalue weighted by Gasteiger charge is 2.12. The normalized spacial score (nSPS) is 10.6. The largest absolute Gasteiger partial charge is 0.497 e. The van der Waals surface area contributed by atoms with Gasteiger partial charge in [0.05, 0.1) is 19.3 Å². The second kappa shape index (κ2) is 8.43. The molecule has 0 heterocycles. The summed E-state index contributed by atoms with van der Waals surface area (Å²) in [5.41, 5.74) is 6.43. The molecule has 0 aliphatic heterocycles. The van der Waals surface area contributed by atoms with E-state index in [1.807, 2.05) is 0 Å². The molecule has 5 heteroatoms. The van der Waals surface area contributed by atoms with Crippen LogP contribution >= 0.6 is 0 Å². The summed E-state index contributed by atoms with van der Waals surface area (Å²) >= 11 is 0. The molecule has 0 unspecified atom stereocenters. The molecule has 0 aliphatic carbocycles. The fraction of sp³-hybridized carbons (Fsp3) is 0.533. The van der Waals surface area contributed by atoms with Crippen LogP contribution in [0.1, 0.15) is 30.6 Å². The number of hydrogen-bond donors (Lipinski definition) is 1. The Morgan fingerprint density at radius 1 is 1.25 bits per heavy atom. The van der Waals surface area contributed by atoms with Crippen LogP contribution < -0.4 is 10.5 Å². The van der Waals surface area contributed by atoms with Gasteiger partial charge in [-0.15, -0.1) is 0 Å². The highest BCUT2D eigenvalue weighted by molar-refractivity contribution is 5.95. The number of carbonyl (C=O) groups excluding carboxylic acids is 1. The zero-order valence-electron chi connectivity index (χ0n) is 12.3. The lowest BCUT2D eigenvalue weighted by molar-refractivity contribution is 0.0304. The molecule has 0 spiro atoms. The first-order chi connectivity index (χ1) is 9.54. The van der Waals surface area contributed by atoms with E-state index in [4.69, 9.17) is 19.9 Å². The minimum atomic E-state index is -0.464. The Morgan fingerprint density at radius 2 is 2.00 bits per heavy atom. The molecule has 0 bridgehead atoms. The Balaban J connectivity index is 2.36. The fourth-order valence-corrected chi connectivity index (χ4v) is 1.53. The Labute approximate surface area is 120 Å². The number of carbonyl (C=O) groups is 1. The first-order valence-electron chi connectivity index (χ1n) is 6.73. The monoisotopic (exact) mass is 281 g/mol. The van der Waals surface area contributed by atoms with Crippen molar-refractivity contribution in [3.05, 3.63) is 23.8 Å². The molecule has 1 rings (SSSR count). The number of rotatable bonds is 8. The summed E-state index contributed by atoms with van der Waals surface area (Å²) < 4.78 is 15.5. The quantitative estimate of drug-likeness (QED) is 0.450. The highest BCUT2D eigenvalue weighted by atomic mass is 16.6. The molecule has 0 saturated heterocycles. The van der Waals surface area contributed by atoms with Crippen molar-refractivity contribution >= 4 is 11.7 Å². The zero-order valence-corrected chi connectivity index (χ0v) is 12.3. The Morgan fingerprint density at radius 3 is 2.65 bits per heavy atom. The molecule has 0 fully saturated rings. The summed E-state index contributed by atoms with van der Waals surface area (Å²) in [6, 6.07) is 4.88. The van der Waals surface area contributed by atoms with Crippen LogP contribution in [0.3, 0.4) is 0 Å². The van der Waals surface area contributed by atoms with Crippen LogP contribution in [0.5, 0.6) is 5.75 Å². The minimum absolute atomic E-state index is 0.216. The van der Waals surface area contributed by atoms with Gasteiger partial charge >= 0.3 is 5.97 Å². The van der Waals surface area contributed by atoms with Crippen molar-refractivity contribution in [1.29, 1.82) is 0 Å². The maximum absolute atomic E-state index is 11.9. The number of anilines is 1. The molecule has 20 heavy (non-hydrogen) atoms. The van der Waals surface area contributed by atoms with Crippen molar-refractivity contribution < 1.29 is 19.0 Å². The molecule has 1 aromatic rings. The SMILES string of the molecule is COc1ccc(N)c(C(=O)OCCOCCC(C)C)c1. The van der Waals surface area contributed by atoms with Gasteiger partial charge in [0.1, 0.15) is 12.4 Å². The highest BCUT2D eigenvalue weighted by Crippen LogP contribution is 2.20. The van der Waals surface area contributed by atoms with Gasteiger partial charge in [-0.25, -0.2) is 4.79 Å². The van der Waals surface area contributed by atoms with E-state index in [0.717, 1.165) is 6.42 Å². The van der Waals surface area contributed by atoms with Crippen molar-refractivity contribution in [2.75, 3.05) is 32.7 Å². The average molecular weight is 281 g/mol. The molecule has 5 nitrogen and oxygen atoms in total. The fourth-order valence-electron chi connectivity index (χ4n) is 1.53. The summed E-state index contributed by atoms with van der Waals surface area (Å²) in [5, 5.41) is 0. The predicted molar refractivity (Wildman–Crippen MR) is 78.0 cm³/mol. The number of esters is 1. The van der Waals surface area contributed by atoms with Crippen molar-refractivity contribution in [1.82, 2.24) is 0 Å². The van der Waals surface area contributed by atoms with Gasteiger partial charge in [0.2, 0.25) is 0 Å². The van der Waals surface area contributed by atoms with E-state index in [1.54, 1.807) is 18.2 Å². The summed E-state index contributed by atoms with van der Waals surface area (Å²) in [5.74, 6) is 0.710. The molecular weight excluding hydrogens is 258 g/mol. The Kier molecular flexibility index (Phi) is 6.87. The second-order valence-corrected chi connectivity index (χ2v) is 4.88. The van der Waals surface area contributed by atoms with E-state index >= 15 is 0 Å². The van der Waals surface area contributed by atoms with E-state index in [1.165, 1.54) is 7.11 Å². The lowest BCUT2D eigenvalue weighted by Gasteiger charge is -2.09. The van der Waals surface area contributed by atoms with Gasteiger partial charge in [-0.05, 0) is 30.5 Å². The van der Waals surface area contributed by atoms with Gasteiger partial charge in [-0.1, -0.05) is 13.8 Å². The molecule has 1 aromatic carbocycles. The first kappa shape index (κ1) is 16.3. The van der Waals surface area contributed by atoms with Crippen LogP contribution in [0.15, 0.2) is 18.2 Å². The smallest absolute Gasteiger partial charge is 0.340 e. The number of ether oxygens (including phenoxy) is 3. The summed E-state index contributed by atoms with van der Waals surface area (Å²) in [4.78, 5) is 11.9. The minimum Gasteiger partial charge on any atom is -0.497 e. The van der Waals surface area contributed by atoms with Crippen LogP contribution in [0.4, 0.5) is 5.69 Å². The number of nitrogen functional groups attached to an aromatic ring is 1. The number of hydrogen-bond acceptors (Lipinski definition) is 5. The second-order valence-electron chi connectivity index (χ2n) is 4.88. The van der Waals surface area contributed by atoms with Gasteiger partial charge in [0, 0.05) is 12.3 Å². The maximum Gasteiger partial charge on any atom is 0.340 e. The van der Waals surface area contributed by atoms with Crippen molar-refractivity contribution in [2.45, 2.75) is 20.3 Å². The number of methoxy groups -OCH3 is 1. The van der Waals surface area contributed by atoms with Crippen LogP contribution in [0, 0.1) is 5.92 Å². The average Bonchev–Trinajstić information content (AvgIpc) is 2.42. The number of nitrogens with two attached hydrogens (primary N) is 1. The van der Waals surface area contributed by atoms with Crippen LogP contribution in [-0.2, 0) is 9.47 Å². The van der Waals surface area contributed by atoms with Gasteiger partial charge in [-0.3, -0.25) is 0 Å². The van der Waals surface area contributed by atoms with Crippen molar-refractivity contribution in [3.63, 3.8) is 0 Å². The van der Waals surface area contributed by atoms with E-state index in [0.29, 0.717) is 36.1 Å². The van der Waals surface area contributed by atoms with Crippen molar-refractivity contribution in [3.8, 4) is 5.75 Å². The van der Waals surface area contributed by atoms with Gasteiger partial charge < -0.3 is 19.9 Å². The van der Waals surface area contributed by atoms with E-state index < -0.39 is 5.97 Å². The molecule has 112 valence electrons. The van der Waals surface area contributed by atoms with Crippen LogP contribution in [0.2, 0.25) is 0 Å². The molecule has 2 N–H and O–H groups in total. The predicted octanol–water partition coefficient (Wildman–Crippen LogP) is 2.50. The van der Waals surface area contributed by atoms with E-state index in [-0.39, 0.29) is 6.61 Å². The van der Waals surface area contributed by atoms with Crippen LogP contribution in [-0.4, -0.2) is 32.9 Å². The molecule has 0 atom stereocenters. The Bertz CT molecular complexity index is 432. The molecule has 0 aliphatic rings. The molecular formula is C15H23NO4.